The van der Waals surface area contributed by atoms with Gasteiger partial charge in [0.25, 0.3) is 5.91 Å². The monoisotopic (exact) mass is 342 g/mol. The lowest BCUT2D eigenvalue weighted by atomic mass is 10.2. The third-order valence-electron chi connectivity index (χ3n) is 2.91. The standard InChI is InChI=1S/C15H11BrN4O/c16-11-4-3-7-18-14(11)15(21)19-12-5-1-2-6-13(12)20-9-8-17-10-20/h1-10H,(H,19,21). The molecule has 1 aromatic carbocycles. The molecular formula is C15H11BrN4O. The number of hydrogen-bond acceptors (Lipinski definition) is 3. The van der Waals surface area contributed by atoms with E-state index in [1.807, 2.05) is 35.0 Å². The highest BCUT2D eigenvalue weighted by Gasteiger charge is 2.13. The van der Waals surface area contributed by atoms with Gasteiger partial charge in [-0.15, -0.1) is 0 Å². The number of nitrogens with zero attached hydrogens (tertiary/aromatic N) is 3. The van der Waals surface area contributed by atoms with Crippen LogP contribution in [0.5, 0.6) is 0 Å². The molecule has 3 aromatic rings. The van der Waals surface area contributed by atoms with Gasteiger partial charge < -0.3 is 9.88 Å². The molecule has 1 N–H and O–H groups in total. The first-order chi connectivity index (χ1) is 10.3. The van der Waals surface area contributed by atoms with E-state index >= 15 is 0 Å². The third kappa shape index (κ3) is 2.85. The molecule has 104 valence electrons. The van der Waals surface area contributed by atoms with Gasteiger partial charge in [-0.05, 0) is 40.2 Å². The number of carbonyl (C=O) groups is 1. The average Bonchev–Trinajstić information content (AvgIpc) is 3.02. The number of nitrogens with one attached hydrogen (secondary N) is 1. The highest BCUT2D eigenvalue weighted by molar-refractivity contribution is 9.10. The Morgan fingerprint density at radius 2 is 2.00 bits per heavy atom. The summed E-state index contributed by atoms with van der Waals surface area (Å²) in [7, 11) is 0. The van der Waals surface area contributed by atoms with E-state index in [2.05, 4.69) is 31.2 Å². The molecule has 6 heteroatoms. The van der Waals surface area contributed by atoms with Crippen LogP contribution >= 0.6 is 15.9 Å². The summed E-state index contributed by atoms with van der Waals surface area (Å²) < 4.78 is 2.49. The van der Waals surface area contributed by atoms with E-state index < -0.39 is 0 Å². The zero-order valence-corrected chi connectivity index (χ0v) is 12.5. The fraction of sp³-hybridized carbons (Fsp3) is 0. The largest absolute Gasteiger partial charge is 0.319 e. The van der Waals surface area contributed by atoms with E-state index in [-0.39, 0.29) is 5.91 Å². The fourth-order valence-corrected chi connectivity index (χ4v) is 2.38. The van der Waals surface area contributed by atoms with Crippen molar-refractivity contribution < 1.29 is 4.79 Å². The van der Waals surface area contributed by atoms with Crippen molar-refractivity contribution in [2.24, 2.45) is 0 Å². The predicted octanol–water partition coefficient (Wildman–Crippen LogP) is 3.28. The summed E-state index contributed by atoms with van der Waals surface area (Å²) in [6.07, 6.45) is 6.78. The molecular weight excluding hydrogens is 332 g/mol. The molecule has 0 saturated carbocycles. The maximum Gasteiger partial charge on any atom is 0.275 e. The Hall–Kier alpha value is -2.47. The second-order valence-corrected chi connectivity index (χ2v) is 5.13. The Balaban J connectivity index is 1.93. The summed E-state index contributed by atoms with van der Waals surface area (Å²) in [5.41, 5.74) is 1.88. The van der Waals surface area contributed by atoms with Crippen LogP contribution in [0.4, 0.5) is 5.69 Å². The second-order valence-electron chi connectivity index (χ2n) is 4.28. The van der Waals surface area contributed by atoms with Crippen LogP contribution in [0.2, 0.25) is 0 Å². The van der Waals surface area contributed by atoms with E-state index in [1.165, 1.54) is 0 Å². The minimum absolute atomic E-state index is 0.268. The maximum atomic E-state index is 12.3. The Morgan fingerprint density at radius 3 is 2.76 bits per heavy atom. The Morgan fingerprint density at radius 1 is 1.14 bits per heavy atom. The molecule has 2 heterocycles. The van der Waals surface area contributed by atoms with Gasteiger partial charge in [0.05, 0.1) is 17.7 Å². The highest BCUT2D eigenvalue weighted by atomic mass is 79.9. The van der Waals surface area contributed by atoms with Crippen LogP contribution < -0.4 is 5.32 Å². The molecule has 0 saturated heterocycles. The van der Waals surface area contributed by atoms with Gasteiger partial charge in [0.15, 0.2) is 0 Å². The molecule has 0 unspecified atom stereocenters. The van der Waals surface area contributed by atoms with Crippen molar-refractivity contribution in [3.63, 3.8) is 0 Å². The zero-order valence-electron chi connectivity index (χ0n) is 10.9. The smallest absolute Gasteiger partial charge is 0.275 e. The zero-order chi connectivity index (χ0) is 14.7. The van der Waals surface area contributed by atoms with Crippen molar-refractivity contribution in [2.45, 2.75) is 0 Å². The number of rotatable bonds is 3. The summed E-state index contributed by atoms with van der Waals surface area (Å²) in [6, 6.07) is 11.1. The van der Waals surface area contributed by atoms with Crippen molar-refractivity contribution in [3.8, 4) is 5.69 Å². The SMILES string of the molecule is O=C(Nc1ccccc1-n1ccnc1)c1ncccc1Br. The number of hydrogen-bond donors (Lipinski definition) is 1. The summed E-state index contributed by atoms with van der Waals surface area (Å²) in [4.78, 5) is 20.4. The Labute approximate surface area is 129 Å². The van der Waals surface area contributed by atoms with Crippen molar-refractivity contribution in [3.05, 3.63) is 71.5 Å². The summed E-state index contributed by atoms with van der Waals surface area (Å²) in [5.74, 6) is -0.268. The molecule has 0 fully saturated rings. The topological polar surface area (TPSA) is 59.8 Å². The average molecular weight is 343 g/mol. The van der Waals surface area contributed by atoms with Gasteiger partial charge >= 0.3 is 0 Å². The van der Waals surface area contributed by atoms with Gasteiger partial charge in [0.1, 0.15) is 5.69 Å². The lowest BCUT2D eigenvalue weighted by Crippen LogP contribution is -2.15. The lowest BCUT2D eigenvalue weighted by Gasteiger charge is -2.11. The highest BCUT2D eigenvalue weighted by Crippen LogP contribution is 2.21. The van der Waals surface area contributed by atoms with E-state index in [4.69, 9.17) is 0 Å². The summed E-state index contributed by atoms with van der Waals surface area (Å²) in [6.45, 7) is 0. The summed E-state index contributed by atoms with van der Waals surface area (Å²) >= 11 is 3.33. The third-order valence-corrected chi connectivity index (χ3v) is 3.55. The molecule has 3 rings (SSSR count). The van der Waals surface area contributed by atoms with Crippen LogP contribution in [0.15, 0.2) is 65.8 Å². The number of pyridine rings is 1. The quantitative estimate of drug-likeness (QED) is 0.794. The molecule has 21 heavy (non-hydrogen) atoms. The van der Waals surface area contributed by atoms with E-state index in [0.717, 1.165) is 5.69 Å². The van der Waals surface area contributed by atoms with Crippen molar-refractivity contribution in [2.75, 3.05) is 5.32 Å². The van der Waals surface area contributed by atoms with Gasteiger partial charge in [0.2, 0.25) is 0 Å². The van der Waals surface area contributed by atoms with Crippen molar-refractivity contribution in [1.82, 2.24) is 14.5 Å². The van der Waals surface area contributed by atoms with Crippen molar-refractivity contribution >= 4 is 27.5 Å². The first-order valence-corrected chi connectivity index (χ1v) is 7.04. The van der Waals surface area contributed by atoms with Gasteiger partial charge in [-0.1, -0.05) is 12.1 Å². The minimum atomic E-state index is -0.268. The molecule has 2 aromatic heterocycles. The molecule has 0 aliphatic carbocycles. The van der Waals surface area contributed by atoms with E-state index in [0.29, 0.717) is 15.9 Å². The number of halogens is 1. The van der Waals surface area contributed by atoms with Gasteiger partial charge in [-0.25, -0.2) is 9.97 Å². The molecule has 0 spiro atoms. The molecule has 0 bridgehead atoms. The number of para-hydroxylation sites is 2. The van der Waals surface area contributed by atoms with Crippen LogP contribution in [0, 0.1) is 0 Å². The van der Waals surface area contributed by atoms with Crippen LogP contribution in [0.1, 0.15) is 10.5 Å². The summed E-state index contributed by atoms with van der Waals surface area (Å²) in [5, 5.41) is 2.88. The van der Waals surface area contributed by atoms with Gasteiger partial charge in [-0.2, -0.15) is 0 Å². The Bertz CT molecular complexity index is 771. The first-order valence-electron chi connectivity index (χ1n) is 6.25. The van der Waals surface area contributed by atoms with Gasteiger partial charge in [-0.3, -0.25) is 4.79 Å². The second kappa shape index (κ2) is 5.88. The van der Waals surface area contributed by atoms with Crippen LogP contribution in [0.3, 0.4) is 0 Å². The normalized spacial score (nSPS) is 10.3. The predicted molar refractivity (Wildman–Crippen MR) is 83.5 cm³/mol. The van der Waals surface area contributed by atoms with Crippen LogP contribution in [0.25, 0.3) is 5.69 Å². The fourth-order valence-electron chi connectivity index (χ4n) is 1.94. The number of amides is 1. The van der Waals surface area contributed by atoms with Gasteiger partial charge in [0, 0.05) is 23.1 Å². The van der Waals surface area contributed by atoms with Crippen molar-refractivity contribution in [1.29, 1.82) is 0 Å². The Kier molecular flexibility index (Phi) is 3.79. The number of aromatic nitrogens is 3. The lowest BCUT2D eigenvalue weighted by molar-refractivity contribution is 0.102. The molecule has 0 radical (unpaired) electrons. The van der Waals surface area contributed by atoms with Crippen LogP contribution in [-0.4, -0.2) is 20.4 Å². The molecule has 0 atom stereocenters. The first kappa shape index (κ1) is 13.5. The number of benzene rings is 1. The molecule has 5 nitrogen and oxygen atoms in total. The number of carbonyl (C=O) groups excluding carboxylic acids is 1. The molecule has 1 amide bonds. The minimum Gasteiger partial charge on any atom is -0.319 e. The van der Waals surface area contributed by atoms with E-state index in [1.54, 1.807) is 30.9 Å². The number of anilines is 1. The maximum absolute atomic E-state index is 12.3. The van der Waals surface area contributed by atoms with E-state index in [9.17, 15) is 4.79 Å². The van der Waals surface area contributed by atoms with Crippen LogP contribution in [-0.2, 0) is 0 Å². The molecule has 0 aliphatic heterocycles. The molecule has 0 aliphatic rings. The number of imidazole rings is 1.